The highest BCUT2D eigenvalue weighted by atomic mass is 16.1. The van der Waals surface area contributed by atoms with Crippen LogP contribution in [0.1, 0.15) is 46.5 Å². The van der Waals surface area contributed by atoms with Gasteiger partial charge in [-0.3, -0.25) is 4.90 Å². The second-order valence-corrected chi connectivity index (χ2v) is 4.80. The molecule has 0 aliphatic carbocycles. The lowest BCUT2D eigenvalue weighted by Gasteiger charge is -2.31. The molecule has 0 radical (unpaired) electrons. The van der Waals surface area contributed by atoms with Crippen LogP contribution in [-0.2, 0) is 4.79 Å². The van der Waals surface area contributed by atoms with Gasteiger partial charge >= 0.3 is 0 Å². The van der Waals surface area contributed by atoms with Crippen molar-refractivity contribution in [3.05, 3.63) is 0 Å². The molecule has 14 heavy (non-hydrogen) atoms. The third-order valence-corrected chi connectivity index (χ3v) is 3.63. The fourth-order valence-corrected chi connectivity index (χ4v) is 2.26. The highest BCUT2D eigenvalue weighted by Gasteiger charge is 2.30. The molecule has 2 atom stereocenters. The van der Waals surface area contributed by atoms with Gasteiger partial charge in [0.2, 0.25) is 0 Å². The van der Waals surface area contributed by atoms with Crippen LogP contribution in [0.3, 0.4) is 0 Å². The minimum atomic E-state index is -0.127. The first kappa shape index (κ1) is 11.7. The molecule has 2 heteroatoms. The Balaban J connectivity index is 2.53. The van der Waals surface area contributed by atoms with E-state index in [1.54, 1.807) is 0 Å². The molecule has 2 unspecified atom stereocenters. The maximum absolute atomic E-state index is 11.0. The Morgan fingerprint density at radius 2 is 2.21 bits per heavy atom. The molecule has 82 valence electrons. The van der Waals surface area contributed by atoms with Crippen molar-refractivity contribution < 1.29 is 4.79 Å². The lowest BCUT2D eigenvalue weighted by Crippen LogP contribution is -2.39. The smallest absolute Gasteiger partial charge is 0.127 e. The highest BCUT2D eigenvalue weighted by molar-refractivity contribution is 5.58. The molecule has 0 saturated carbocycles. The zero-order valence-electron chi connectivity index (χ0n) is 9.75. The Morgan fingerprint density at radius 3 is 2.71 bits per heavy atom. The fourth-order valence-electron chi connectivity index (χ4n) is 2.26. The SMILES string of the molecule is CCC1CCCN1CC(C)(C=O)CC. The van der Waals surface area contributed by atoms with E-state index in [-0.39, 0.29) is 5.41 Å². The van der Waals surface area contributed by atoms with Crippen molar-refractivity contribution in [1.29, 1.82) is 0 Å². The number of carbonyl (C=O) groups excluding carboxylic acids is 1. The fraction of sp³-hybridized carbons (Fsp3) is 0.917. The van der Waals surface area contributed by atoms with Crippen LogP contribution >= 0.6 is 0 Å². The van der Waals surface area contributed by atoms with Crippen molar-refractivity contribution in [2.75, 3.05) is 13.1 Å². The summed E-state index contributed by atoms with van der Waals surface area (Å²) in [5.74, 6) is 0. The Bertz CT molecular complexity index is 193. The van der Waals surface area contributed by atoms with Crippen LogP contribution in [0, 0.1) is 5.41 Å². The summed E-state index contributed by atoms with van der Waals surface area (Å²) in [7, 11) is 0. The predicted octanol–water partition coefficient (Wildman–Crippen LogP) is 2.48. The van der Waals surface area contributed by atoms with Crippen molar-refractivity contribution in [3.8, 4) is 0 Å². The standard InChI is InChI=1S/C12H23NO/c1-4-11-7-6-8-13(11)9-12(3,5-2)10-14/h10-11H,4-9H2,1-3H3. The first-order valence-electron chi connectivity index (χ1n) is 5.85. The molecule has 2 nitrogen and oxygen atoms in total. The molecule has 0 aromatic heterocycles. The first-order valence-corrected chi connectivity index (χ1v) is 5.85. The Hall–Kier alpha value is -0.370. The monoisotopic (exact) mass is 197 g/mol. The molecule has 1 heterocycles. The molecule has 0 aromatic rings. The van der Waals surface area contributed by atoms with Crippen LogP contribution in [0.4, 0.5) is 0 Å². The van der Waals surface area contributed by atoms with Crippen LogP contribution in [0.5, 0.6) is 0 Å². The Kier molecular flexibility index (Phi) is 4.11. The molecule has 0 aromatic carbocycles. The van der Waals surface area contributed by atoms with Crippen molar-refractivity contribution >= 4 is 6.29 Å². The van der Waals surface area contributed by atoms with E-state index in [0.29, 0.717) is 0 Å². The van der Waals surface area contributed by atoms with Gasteiger partial charge in [-0.2, -0.15) is 0 Å². The second kappa shape index (κ2) is 4.92. The third-order valence-electron chi connectivity index (χ3n) is 3.63. The summed E-state index contributed by atoms with van der Waals surface area (Å²) in [6.45, 7) is 8.55. The van der Waals surface area contributed by atoms with Gasteiger partial charge in [-0.15, -0.1) is 0 Å². The number of aldehydes is 1. The maximum Gasteiger partial charge on any atom is 0.127 e. The number of rotatable bonds is 5. The molecule has 0 N–H and O–H groups in total. The van der Waals surface area contributed by atoms with Gasteiger partial charge in [0.25, 0.3) is 0 Å². The highest BCUT2D eigenvalue weighted by Crippen LogP contribution is 2.26. The van der Waals surface area contributed by atoms with Crippen molar-refractivity contribution in [1.82, 2.24) is 4.90 Å². The van der Waals surface area contributed by atoms with Gasteiger partial charge < -0.3 is 4.79 Å². The van der Waals surface area contributed by atoms with E-state index in [4.69, 9.17) is 0 Å². The summed E-state index contributed by atoms with van der Waals surface area (Å²) in [5.41, 5.74) is -0.127. The number of carbonyl (C=O) groups is 1. The van der Waals surface area contributed by atoms with Crippen molar-refractivity contribution in [2.24, 2.45) is 5.41 Å². The molecule has 0 bridgehead atoms. The van der Waals surface area contributed by atoms with E-state index in [9.17, 15) is 4.79 Å². The predicted molar refractivity (Wildman–Crippen MR) is 59.3 cm³/mol. The molecule has 1 rings (SSSR count). The van der Waals surface area contributed by atoms with Gasteiger partial charge in [-0.05, 0) is 32.2 Å². The molecule has 1 saturated heterocycles. The average Bonchev–Trinajstić information content (AvgIpc) is 2.65. The maximum atomic E-state index is 11.0. The van der Waals surface area contributed by atoms with Gasteiger partial charge in [-0.1, -0.05) is 20.8 Å². The largest absolute Gasteiger partial charge is 0.303 e. The molecule has 1 fully saturated rings. The summed E-state index contributed by atoms with van der Waals surface area (Å²) < 4.78 is 0. The lowest BCUT2D eigenvalue weighted by molar-refractivity contribution is -0.116. The van der Waals surface area contributed by atoms with Crippen molar-refractivity contribution in [2.45, 2.75) is 52.5 Å². The van der Waals surface area contributed by atoms with E-state index >= 15 is 0 Å². The van der Waals surface area contributed by atoms with Gasteiger partial charge in [-0.25, -0.2) is 0 Å². The first-order chi connectivity index (χ1) is 6.65. The molecule has 1 aliphatic rings. The van der Waals surface area contributed by atoms with Crippen LogP contribution in [0.2, 0.25) is 0 Å². The average molecular weight is 197 g/mol. The van der Waals surface area contributed by atoms with Crippen molar-refractivity contribution in [3.63, 3.8) is 0 Å². The topological polar surface area (TPSA) is 20.3 Å². The van der Waals surface area contributed by atoms with Gasteiger partial charge in [0, 0.05) is 18.0 Å². The second-order valence-electron chi connectivity index (χ2n) is 4.80. The summed E-state index contributed by atoms with van der Waals surface area (Å²) in [4.78, 5) is 13.5. The van der Waals surface area contributed by atoms with E-state index in [2.05, 4.69) is 25.7 Å². The summed E-state index contributed by atoms with van der Waals surface area (Å²) in [5, 5.41) is 0. The summed E-state index contributed by atoms with van der Waals surface area (Å²) in [6.07, 6.45) is 5.92. The van der Waals surface area contributed by atoms with Gasteiger partial charge in [0.1, 0.15) is 6.29 Å². The lowest BCUT2D eigenvalue weighted by atomic mass is 9.88. The van der Waals surface area contributed by atoms with Crippen LogP contribution < -0.4 is 0 Å². The normalized spacial score (nSPS) is 27.5. The summed E-state index contributed by atoms with van der Waals surface area (Å²) >= 11 is 0. The van der Waals surface area contributed by atoms with Crippen LogP contribution in [0.25, 0.3) is 0 Å². The molecule has 0 amide bonds. The molecule has 0 spiro atoms. The van der Waals surface area contributed by atoms with E-state index in [1.807, 2.05) is 0 Å². The third kappa shape index (κ3) is 2.57. The zero-order valence-corrected chi connectivity index (χ0v) is 9.75. The minimum Gasteiger partial charge on any atom is -0.303 e. The molecule has 1 aliphatic heterocycles. The number of hydrogen-bond acceptors (Lipinski definition) is 2. The van der Waals surface area contributed by atoms with E-state index < -0.39 is 0 Å². The van der Waals surface area contributed by atoms with Gasteiger partial charge in [0.15, 0.2) is 0 Å². The Morgan fingerprint density at radius 1 is 1.50 bits per heavy atom. The molecular weight excluding hydrogens is 174 g/mol. The van der Waals surface area contributed by atoms with Crippen LogP contribution in [-0.4, -0.2) is 30.3 Å². The van der Waals surface area contributed by atoms with E-state index in [1.165, 1.54) is 25.8 Å². The quantitative estimate of drug-likeness (QED) is 0.631. The minimum absolute atomic E-state index is 0.127. The summed E-state index contributed by atoms with van der Waals surface area (Å²) in [6, 6.07) is 0.723. The zero-order chi connectivity index (χ0) is 10.6. The van der Waals surface area contributed by atoms with Gasteiger partial charge in [0.05, 0.1) is 0 Å². The van der Waals surface area contributed by atoms with Crippen LogP contribution in [0.15, 0.2) is 0 Å². The Labute approximate surface area is 87.7 Å². The number of nitrogens with zero attached hydrogens (tertiary/aromatic N) is 1. The van der Waals surface area contributed by atoms with E-state index in [0.717, 1.165) is 25.3 Å². The molecular formula is C12H23NO. The number of likely N-dealkylation sites (tertiary alicyclic amines) is 1. The number of hydrogen-bond donors (Lipinski definition) is 0.